The van der Waals surface area contributed by atoms with Crippen LogP contribution < -0.4 is 10.6 Å². The first-order valence-electron chi connectivity index (χ1n) is 9.44. The van der Waals surface area contributed by atoms with Crippen molar-refractivity contribution in [3.05, 3.63) is 72.2 Å². The molecule has 0 fully saturated rings. The lowest BCUT2D eigenvalue weighted by Crippen LogP contribution is -2.37. The normalized spacial score (nSPS) is 11.5. The predicted octanol–water partition coefficient (Wildman–Crippen LogP) is 3.56. The van der Waals surface area contributed by atoms with Gasteiger partial charge in [0.25, 0.3) is 0 Å². The molecular weight excluding hydrogens is 387 g/mol. The van der Waals surface area contributed by atoms with Crippen LogP contribution in [0.25, 0.3) is 5.82 Å². The minimum Gasteiger partial charge on any atom is -0.356 e. The molecule has 0 aliphatic rings. The lowest BCUT2D eigenvalue weighted by Gasteiger charge is -2.12. The van der Waals surface area contributed by atoms with E-state index in [0.29, 0.717) is 6.54 Å². The number of hydrogen-bond donors (Lipinski definition) is 2. The lowest BCUT2D eigenvalue weighted by atomic mass is 10.3. The fourth-order valence-corrected chi connectivity index (χ4v) is 3.54. The SMILES string of the molecule is CN=C(NCCCSc1ccc(F)cc1)NCc1ccc(-n2ccnc2C)nc1. The second kappa shape index (κ2) is 10.6. The van der Waals surface area contributed by atoms with Gasteiger partial charge in [-0.3, -0.25) is 9.56 Å². The largest absolute Gasteiger partial charge is 0.356 e. The summed E-state index contributed by atoms with van der Waals surface area (Å²) in [6.07, 6.45) is 6.49. The number of guanidine groups is 1. The molecule has 0 saturated carbocycles. The van der Waals surface area contributed by atoms with E-state index in [0.717, 1.165) is 46.8 Å². The predicted molar refractivity (Wildman–Crippen MR) is 116 cm³/mol. The number of halogens is 1. The summed E-state index contributed by atoms with van der Waals surface area (Å²) in [6, 6.07) is 10.6. The number of imidazole rings is 1. The highest BCUT2D eigenvalue weighted by molar-refractivity contribution is 7.99. The second-order valence-electron chi connectivity index (χ2n) is 6.38. The molecule has 8 heteroatoms. The molecule has 0 aliphatic heterocycles. The summed E-state index contributed by atoms with van der Waals surface area (Å²) in [5, 5.41) is 6.61. The van der Waals surface area contributed by atoms with Gasteiger partial charge in [-0.15, -0.1) is 11.8 Å². The number of aliphatic imine (C=N–C) groups is 1. The van der Waals surface area contributed by atoms with E-state index < -0.39 is 0 Å². The highest BCUT2D eigenvalue weighted by atomic mass is 32.2. The topological polar surface area (TPSA) is 67.1 Å². The smallest absolute Gasteiger partial charge is 0.191 e. The summed E-state index contributed by atoms with van der Waals surface area (Å²) >= 11 is 1.72. The fourth-order valence-electron chi connectivity index (χ4n) is 2.69. The Morgan fingerprint density at radius 1 is 1.14 bits per heavy atom. The lowest BCUT2D eigenvalue weighted by molar-refractivity contribution is 0.626. The molecule has 0 spiro atoms. The van der Waals surface area contributed by atoms with Gasteiger partial charge in [0.2, 0.25) is 0 Å². The van der Waals surface area contributed by atoms with Crippen LogP contribution in [0.3, 0.4) is 0 Å². The van der Waals surface area contributed by atoms with Gasteiger partial charge in [0.05, 0.1) is 0 Å². The highest BCUT2D eigenvalue weighted by Crippen LogP contribution is 2.18. The molecule has 0 atom stereocenters. The highest BCUT2D eigenvalue weighted by Gasteiger charge is 2.03. The van der Waals surface area contributed by atoms with Crippen molar-refractivity contribution in [1.82, 2.24) is 25.2 Å². The Morgan fingerprint density at radius 3 is 2.62 bits per heavy atom. The molecule has 0 radical (unpaired) electrons. The number of thioether (sulfide) groups is 1. The average Bonchev–Trinajstić information content (AvgIpc) is 3.17. The maximum Gasteiger partial charge on any atom is 0.191 e. The first-order valence-corrected chi connectivity index (χ1v) is 10.4. The Bertz CT molecular complexity index is 921. The molecule has 2 N–H and O–H groups in total. The summed E-state index contributed by atoms with van der Waals surface area (Å²) in [5.41, 5.74) is 1.07. The van der Waals surface area contributed by atoms with Crippen LogP contribution in [0.1, 0.15) is 17.8 Å². The number of rotatable bonds is 8. The molecule has 0 unspecified atom stereocenters. The number of hydrogen-bond acceptors (Lipinski definition) is 4. The van der Waals surface area contributed by atoms with Gasteiger partial charge in [0.1, 0.15) is 17.5 Å². The summed E-state index contributed by atoms with van der Waals surface area (Å²) in [4.78, 5) is 14.1. The van der Waals surface area contributed by atoms with Gasteiger partial charge in [-0.1, -0.05) is 6.07 Å². The molecule has 0 amide bonds. The van der Waals surface area contributed by atoms with Crippen molar-refractivity contribution in [2.45, 2.75) is 24.8 Å². The monoisotopic (exact) mass is 412 g/mol. The third-order valence-electron chi connectivity index (χ3n) is 4.26. The van der Waals surface area contributed by atoms with Gasteiger partial charge in [-0.05, 0) is 55.0 Å². The molecule has 2 heterocycles. The van der Waals surface area contributed by atoms with Crippen molar-refractivity contribution >= 4 is 17.7 Å². The maximum absolute atomic E-state index is 12.9. The van der Waals surface area contributed by atoms with Crippen LogP contribution in [0.15, 0.2) is 64.9 Å². The molecule has 0 saturated heterocycles. The van der Waals surface area contributed by atoms with Crippen molar-refractivity contribution in [1.29, 1.82) is 0 Å². The molecular formula is C21H25FN6S. The molecule has 0 aliphatic carbocycles. The van der Waals surface area contributed by atoms with Crippen LogP contribution in [0, 0.1) is 12.7 Å². The number of nitrogens with zero attached hydrogens (tertiary/aromatic N) is 4. The quantitative estimate of drug-likeness (QED) is 0.256. The third-order valence-corrected chi connectivity index (χ3v) is 5.36. The second-order valence-corrected chi connectivity index (χ2v) is 7.55. The molecule has 3 aromatic rings. The number of nitrogens with one attached hydrogen (secondary N) is 2. The molecule has 29 heavy (non-hydrogen) atoms. The van der Waals surface area contributed by atoms with E-state index in [1.807, 2.05) is 36.0 Å². The fraction of sp³-hybridized carbons (Fsp3) is 0.286. The van der Waals surface area contributed by atoms with Gasteiger partial charge >= 0.3 is 0 Å². The molecule has 0 bridgehead atoms. The maximum atomic E-state index is 12.9. The summed E-state index contributed by atoms with van der Waals surface area (Å²) in [7, 11) is 1.76. The van der Waals surface area contributed by atoms with Gasteiger partial charge < -0.3 is 10.6 Å². The van der Waals surface area contributed by atoms with E-state index >= 15 is 0 Å². The molecule has 152 valence electrons. The number of aromatic nitrogens is 3. The first kappa shape index (κ1) is 20.9. The van der Waals surface area contributed by atoms with Gasteiger partial charge in [0, 0.05) is 43.6 Å². The van der Waals surface area contributed by atoms with Gasteiger partial charge in [0.15, 0.2) is 5.96 Å². The van der Waals surface area contributed by atoms with Crippen molar-refractivity contribution < 1.29 is 4.39 Å². The molecule has 6 nitrogen and oxygen atoms in total. The van der Waals surface area contributed by atoms with Crippen LogP contribution >= 0.6 is 11.8 Å². The van der Waals surface area contributed by atoms with E-state index in [1.165, 1.54) is 12.1 Å². The Hall–Kier alpha value is -2.87. The van der Waals surface area contributed by atoms with Crippen LogP contribution in [-0.2, 0) is 6.54 Å². The van der Waals surface area contributed by atoms with E-state index in [-0.39, 0.29) is 5.82 Å². The Kier molecular flexibility index (Phi) is 7.63. The Balaban J connectivity index is 1.38. The van der Waals surface area contributed by atoms with E-state index in [2.05, 4.69) is 25.6 Å². The Morgan fingerprint density at radius 2 is 1.97 bits per heavy atom. The molecule has 3 rings (SSSR count). The molecule has 1 aromatic carbocycles. The summed E-state index contributed by atoms with van der Waals surface area (Å²) in [5.74, 6) is 3.27. The zero-order valence-corrected chi connectivity index (χ0v) is 17.4. The number of benzene rings is 1. The minimum atomic E-state index is -0.201. The average molecular weight is 413 g/mol. The number of aryl methyl sites for hydroxylation is 1. The Labute approximate surface area is 174 Å². The molecule has 2 aromatic heterocycles. The van der Waals surface area contributed by atoms with E-state index in [4.69, 9.17) is 0 Å². The zero-order chi connectivity index (χ0) is 20.5. The van der Waals surface area contributed by atoms with Crippen molar-refractivity contribution in [3.63, 3.8) is 0 Å². The van der Waals surface area contributed by atoms with E-state index in [9.17, 15) is 4.39 Å². The minimum absolute atomic E-state index is 0.201. The van der Waals surface area contributed by atoms with Crippen molar-refractivity contribution in [2.24, 2.45) is 4.99 Å². The zero-order valence-electron chi connectivity index (χ0n) is 16.6. The standard InChI is InChI=1S/C21H25FN6S/c1-16-24-11-12-28(16)20-9-4-17(14-26-20)15-27-21(23-2)25-10-3-13-29-19-7-5-18(22)6-8-19/h4-9,11-12,14H,3,10,13,15H2,1-2H3,(H2,23,25,27). The van der Waals surface area contributed by atoms with Crippen molar-refractivity contribution in [2.75, 3.05) is 19.3 Å². The van der Waals surface area contributed by atoms with Gasteiger partial charge in [-0.2, -0.15) is 0 Å². The van der Waals surface area contributed by atoms with Crippen LogP contribution in [0.5, 0.6) is 0 Å². The van der Waals surface area contributed by atoms with Crippen LogP contribution in [0.2, 0.25) is 0 Å². The van der Waals surface area contributed by atoms with Crippen LogP contribution in [0.4, 0.5) is 4.39 Å². The van der Waals surface area contributed by atoms with Crippen molar-refractivity contribution in [3.8, 4) is 5.82 Å². The summed E-state index contributed by atoms with van der Waals surface area (Å²) in [6.45, 7) is 3.40. The van der Waals surface area contributed by atoms with E-state index in [1.54, 1.807) is 37.1 Å². The third kappa shape index (κ3) is 6.32. The number of pyridine rings is 1. The van der Waals surface area contributed by atoms with Gasteiger partial charge in [-0.25, -0.2) is 14.4 Å². The summed E-state index contributed by atoms with van der Waals surface area (Å²) < 4.78 is 14.9. The first-order chi connectivity index (χ1) is 14.2. The van der Waals surface area contributed by atoms with Crippen LogP contribution in [-0.4, -0.2) is 39.8 Å².